The Bertz CT molecular complexity index is 381. The van der Waals surface area contributed by atoms with E-state index in [1.165, 1.54) is 0 Å². The van der Waals surface area contributed by atoms with E-state index < -0.39 is 6.04 Å². The number of carbonyl (C=O) groups is 2. The molecule has 1 saturated carbocycles. The van der Waals surface area contributed by atoms with Crippen LogP contribution < -0.4 is 5.32 Å². The average molecular weight is 268 g/mol. The first-order chi connectivity index (χ1) is 8.87. The Balaban J connectivity index is 2.09. The summed E-state index contributed by atoms with van der Waals surface area (Å²) in [7, 11) is 0. The van der Waals surface area contributed by atoms with Gasteiger partial charge in [0, 0.05) is 31.0 Å². The molecule has 1 N–H and O–H groups in total. The fourth-order valence-corrected chi connectivity index (χ4v) is 3.14. The highest BCUT2D eigenvalue weighted by atomic mass is 16.5. The van der Waals surface area contributed by atoms with E-state index in [9.17, 15) is 9.59 Å². The number of rotatable bonds is 3. The highest BCUT2D eigenvalue weighted by Crippen LogP contribution is 2.46. The first-order valence-electron chi connectivity index (χ1n) is 7.09. The van der Waals surface area contributed by atoms with Gasteiger partial charge < -0.3 is 15.0 Å². The van der Waals surface area contributed by atoms with Crippen molar-refractivity contribution in [3.63, 3.8) is 0 Å². The molecule has 0 spiro atoms. The zero-order valence-electron chi connectivity index (χ0n) is 12.2. The van der Waals surface area contributed by atoms with Crippen molar-refractivity contribution in [2.24, 2.45) is 5.41 Å². The molecule has 1 aliphatic carbocycles. The smallest absolute Gasteiger partial charge is 0.245 e. The van der Waals surface area contributed by atoms with Gasteiger partial charge >= 0.3 is 0 Å². The fourth-order valence-electron chi connectivity index (χ4n) is 3.14. The Morgan fingerprint density at radius 2 is 2.11 bits per heavy atom. The van der Waals surface area contributed by atoms with Gasteiger partial charge in [0.15, 0.2) is 0 Å². The first kappa shape index (κ1) is 14.3. The second-order valence-corrected chi connectivity index (χ2v) is 6.09. The van der Waals surface area contributed by atoms with Crippen LogP contribution in [-0.4, -0.2) is 48.1 Å². The molecule has 0 radical (unpaired) electrons. The Morgan fingerprint density at radius 1 is 1.42 bits per heavy atom. The molecule has 19 heavy (non-hydrogen) atoms. The Morgan fingerprint density at radius 3 is 2.68 bits per heavy atom. The minimum Gasteiger partial charge on any atom is -0.378 e. The van der Waals surface area contributed by atoms with E-state index in [2.05, 4.69) is 19.2 Å². The van der Waals surface area contributed by atoms with Gasteiger partial charge in [-0.3, -0.25) is 9.59 Å². The van der Waals surface area contributed by atoms with Gasteiger partial charge in [0.1, 0.15) is 6.04 Å². The molecule has 3 atom stereocenters. The quantitative estimate of drug-likeness (QED) is 0.828. The lowest BCUT2D eigenvalue weighted by molar-refractivity contribution is -0.167. The molecule has 5 heteroatoms. The van der Waals surface area contributed by atoms with Crippen LogP contribution in [0.1, 0.15) is 40.5 Å². The maximum Gasteiger partial charge on any atom is 0.245 e. The topological polar surface area (TPSA) is 58.6 Å². The van der Waals surface area contributed by atoms with E-state index in [1.54, 1.807) is 6.92 Å². The molecule has 108 valence electrons. The second-order valence-electron chi connectivity index (χ2n) is 6.09. The molecule has 0 aromatic carbocycles. The molecule has 5 nitrogen and oxygen atoms in total. The van der Waals surface area contributed by atoms with E-state index in [0.29, 0.717) is 19.6 Å². The maximum absolute atomic E-state index is 12.3. The molecule has 0 bridgehead atoms. The van der Waals surface area contributed by atoms with Crippen LogP contribution in [0.15, 0.2) is 0 Å². The van der Waals surface area contributed by atoms with Gasteiger partial charge in [0.2, 0.25) is 11.8 Å². The van der Waals surface area contributed by atoms with Crippen LogP contribution in [-0.2, 0) is 14.3 Å². The highest BCUT2D eigenvalue weighted by Gasteiger charge is 2.53. The van der Waals surface area contributed by atoms with Crippen molar-refractivity contribution in [1.29, 1.82) is 0 Å². The first-order valence-corrected chi connectivity index (χ1v) is 7.09. The normalized spacial score (nSPS) is 34.5. The third-order valence-corrected chi connectivity index (χ3v) is 4.48. The second kappa shape index (κ2) is 5.12. The molecule has 1 aliphatic heterocycles. The SMILES string of the molecule is CCOC1CC(N2CCC(=O)NC(C)C2=O)C1(C)C. The summed E-state index contributed by atoms with van der Waals surface area (Å²) in [5.41, 5.74) is -0.0429. The van der Waals surface area contributed by atoms with Crippen molar-refractivity contribution < 1.29 is 14.3 Å². The van der Waals surface area contributed by atoms with Crippen molar-refractivity contribution in [3.8, 4) is 0 Å². The molecule has 0 aromatic rings. The van der Waals surface area contributed by atoms with E-state index in [1.807, 2.05) is 11.8 Å². The highest BCUT2D eigenvalue weighted by molar-refractivity contribution is 5.89. The summed E-state index contributed by atoms with van der Waals surface area (Å²) >= 11 is 0. The number of hydrogen-bond donors (Lipinski definition) is 1. The lowest BCUT2D eigenvalue weighted by Gasteiger charge is -2.55. The van der Waals surface area contributed by atoms with Gasteiger partial charge in [-0.15, -0.1) is 0 Å². The van der Waals surface area contributed by atoms with E-state index >= 15 is 0 Å². The number of hydrogen-bond acceptors (Lipinski definition) is 3. The Hall–Kier alpha value is -1.10. The molecule has 1 saturated heterocycles. The molecular weight excluding hydrogens is 244 g/mol. The van der Waals surface area contributed by atoms with E-state index in [4.69, 9.17) is 4.74 Å². The van der Waals surface area contributed by atoms with Crippen LogP contribution in [0.2, 0.25) is 0 Å². The van der Waals surface area contributed by atoms with E-state index in [-0.39, 0.29) is 29.4 Å². The zero-order valence-corrected chi connectivity index (χ0v) is 12.2. The van der Waals surface area contributed by atoms with Crippen LogP contribution in [0, 0.1) is 5.41 Å². The lowest BCUT2D eigenvalue weighted by Crippen LogP contribution is -2.64. The molecular formula is C14H24N2O3. The zero-order chi connectivity index (χ0) is 14.2. The monoisotopic (exact) mass is 268 g/mol. The standard InChI is InChI=1S/C14H24N2O3/c1-5-19-11-8-10(14(11,3)4)16-7-6-12(17)15-9(2)13(16)18/h9-11H,5-8H2,1-4H3,(H,15,17). The van der Waals surface area contributed by atoms with Crippen LogP contribution in [0.5, 0.6) is 0 Å². The van der Waals surface area contributed by atoms with Crippen molar-refractivity contribution in [2.75, 3.05) is 13.2 Å². The lowest BCUT2D eigenvalue weighted by atomic mass is 9.63. The summed E-state index contributed by atoms with van der Waals surface area (Å²) < 4.78 is 5.71. The van der Waals surface area contributed by atoms with Crippen molar-refractivity contribution in [2.45, 2.75) is 58.7 Å². The third kappa shape index (κ3) is 2.48. The van der Waals surface area contributed by atoms with Crippen molar-refractivity contribution >= 4 is 11.8 Å². The molecule has 0 aromatic heterocycles. The van der Waals surface area contributed by atoms with Gasteiger partial charge in [-0.2, -0.15) is 0 Å². The van der Waals surface area contributed by atoms with Gasteiger partial charge in [0.05, 0.1) is 6.10 Å². The van der Waals surface area contributed by atoms with Crippen LogP contribution >= 0.6 is 0 Å². The van der Waals surface area contributed by atoms with Gasteiger partial charge in [-0.1, -0.05) is 13.8 Å². The minimum absolute atomic E-state index is 0.0267. The third-order valence-electron chi connectivity index (χ3n) is 4.48. The summed E-state index contributed by atoms with van der Waals surface area (Å²) in [5, 5.41) is 2.73. The van der Waals surface area contributed by atoms with Gasteiger partial charge in [-0.05, 0) is 20.3 Å². The number of amides is 2. The fraction of sp³-hybridized carbons (Fsp3) is 0.857. The summed E-state index contributed by atoms with van der Waals surface area (Å²) in [6.07, 6.45) is 1.47. The number of ether oxygens (including phenoxy) is 1. The number of nitrogens with zero attached hydrogens (tertiary/aromatic N) is 1. The maximum atomic E-state index is 12.3. The summed E-state index contributed by atoms with van der Waals surface area (Å²) in [6, 6.07) is -0.247. The Kier molecular flexibility index (Phi) is 3.85. The van der Waals surface area contributed by atoms with E-state index in [0.717, 1.165) is 6.42 Å². The van der Waals surface area contributed by atoms with Crippen LogP contribution in [0.25, 0.3) is 0 Å². The molecule has 2 fully saturated rings. The number of carbonyl (C=O) groups excluding carboxylic acids is 2. The van der Waals surface area contributed by atoms with Crippen molar-refractivity contribution in [1.82, 2.24) is 10.2 Å². The average Bonchev–Trinajstić information content (AvgIpc) is 2.46. The number of nitrogens with one attached hydrogen (secondary N) is 1. The predicted octanol–water partition coefficient (Wildman–Crippen LogP) is 0.927. The van der Waals surface area contributed by atoms with Gasteiger partial charge in [0.25, 0.3) is 0 Å². The predicted molar refractivity (Wildman–Crippen MR) is 71.5 cm³/mol. The molecule has 2 amide bonds. The van der Waals surface area contributed by atoms with Crippen LogP contribution in [0.3, 0.4) is 0 Å². The molecule has 3 unspecified atom stereocenters. The minimum atomic E-state index is -0.419. The van der Waals surface area contributed by atoms with Crippen LogP contribution in [0.4, 0.5) is 0 Å². The largest absolute Gasteiger partial charge is 0.378 e. The summed E-state index contributed by atoms with van der Waals surface area (Å²) in [6.45, 7) is 9.24. The molecule has 2 aliphatic rings. The Labute approximate surface area is 114 Å². The van der Waals surface area contributed by atoms with Crippen molar-refractivity contribution in [3.05, 3.63) is 0 Å². The van der Waals surface area contributed by atoms with Gasteiger partial charge in [-0.25, -0.2) is 0 Å². The molecule has 2 rings (SSSR count). The molecule has 1 heterocycles. The summed E-state index contributed by atoms with van der Waals surface area (Å²) in [5.74, 6) is -0.0132. The summed E-state index contributed by atoms with van der Waals surface area (Å²) in [4.78, 5) is 25.7.